The van der Waals surface area contributed by atoms with Crippen LogP contribution < -0.4 is 0 Å². The van der Waals surface area contributed by atoms with E-state index in [9.17, 15) is 14.4 Å². The molecule has 16 heavy (non-hydrogen) atoms. The molecule has 1 aromatic rings. The highest BCUT2D eigenvalue weighted by atomic mass is 16.4. The van der Waals surface area contributed by atoms with Gasteiger partial charge in [0, 0.05) is 12.0 Å². The van der Waals surface area contributed by atoms with E-state index >= 15 is 0 Å². The Morgan fingerprint density at radius 1 is 1.12 bits per heavy atom. The summed E-state index contributed by atoms with van der Waals surface area (Å²) in [5.41, 5.74) is 0.501. The number of allylic oxidation sites excluding steroid dienone is 2. The van der Waals surface area contributed by atoms with Crippen LogP contribution in [0.3, 0.4) is 0 Å². The lowest BCUT2D eigenvalue weighted by Crippen LogP contribution is -2.10. The maximum atomic E-state index is 11.5. The largest absolute Gasteiger partial charge is 0.475 e. The molecule has 4 nitrogen and oxygen atoms in total. The van der Waals surface area contributed by atoms with Gasteiger partial charge in [0.05, 0.1) is 0 Å². The second kappa shape index (κ2) is 5.60. The molecular weight excluding hydrogens is 208 g/mol. The lowest BCUT2D eigenvalue weighted by atomic mass is 10.1. The predicted octanol–water partition coefficient (Wildman–Crippen LogP) is 1.47. The fourth-order valence-electron chi connectivity index (χ4n) is 1.06. The third-order valence-corrected chi connectivity index (χ3v) is 1.87. The van der Waals surface area contributed by atoms with Crippen molar-refractivity contribution >= 4 is 17.5 Å². The highest BCUT2D eigenvalue weighted by Gasteiger charge is 2.08. The molecule has 1 N–H and O–H groups in total. The van der Waals surface area contributed by atoms with Crippen molar-refractivity contribution in [2.24, 2.45) is 0 Å². The quantitative estimate of drug-likeness (QED) is 0.461. The van der Waals surface area contributed by atoms with Gasteiger partial charge in [0.25, 0.3) is 0 Å². The van der Waals surface area contributed by atoms with E-state index in [1.807, 2.05) is 0 Å². The molecule has 0 spiro atoms. The Kier molecular flexibility index (Phi) is 4.15. The first-order chi connectivity index (χ1) is 7.61. The van der Waals surface area contributed by atoms with E-state index in [1.165, 1.54) is 12.2 Å². The Morgan fingerprint density at radius 2 is 1.75 bits per heavy atom. The monoisotopic (exact) mass is 218 g/mol. The molecule has 0 bridgehead atoms. The minimum absolute atomic E-state index is 0.251. The number of carbonyl (C=O) groups is 3. The first-order valence-electron chi connectivity index (χ1n) is 4.63. The minimum Gasteiger partial charge on any atom is -0.475 e. The van der Waals surface area contributed by atoms with Crippen molar-refractivity contribution in [1.29, 1.82) is 0 Å². The van der Waals surface area contributed by atoms with Gasteiger partial charge in [-0.2, -0.15) is 0 Å². The Bertz CT molecular complexity index is 432. The van der Waals surface area contributed by atoms with E-state index in [1.54, 1.807) is 30.3 Å². The summed E-state index contributed by atoms with van der Waals surface area (Å²) in [6, 6.07) is 8.53. The standard InChI is InChI=1S/C12H10O4/c13-10(9-5-2-1-3-6-9)7-4-8-11(14)12(15)16/h1-7H,8H2,(H,15,16)/b7-4-. The Hall–Kier alpha value is -2.23. The summed E-state index contributed by atoms with van der Waals surface area (Å²) < 4.78 is 0. The van der Waals surface area contributed by atoms with Crippen LogP contribution in [-0.2, 0) is 9.59 Å². The zero-order chi connectivity index (χ0) is 12.0. The summed E-state index contributed by atoms with van der Waals surface area (Å²) in [7, 11) is 0. The van der Waals surface area contributed by atoms with Crippen LogP contribution in [0.1, 0.15) is 16.8 Å². The van der Waals surface area contributed by atoms with E-state index < -0.39 is 11.8 Å². The number of carboxylic acids is 1. The second-order valence-corrected chi connectivity index (χ2v) is 3.07. The molecule has 0 aromatic heterocycles. The molecule has 0 fully saturated rings. The number of aliphatic carboxylic acids is 1. The van der Waals surface area contributed by atoms with Crippen LogP contribution in [0.2, 0.25) is 0 Å². The third kappa shape index (κ3) is 3.49. The number of ketones is 2. The van der Waals surface area contributed by atoms with Crippen molar-refractivity contribution in [1.82, 2.24) is 0 Å². The van der Waals surface area contributed by atoms with Crippen LogP contribution >= 0.6 is 0 Å². The fourth-order valence-corrected chi connectivity index (χ4v) is 1.06. The first-order valence-corrected chi connectivity index (χ1v) is 4.63. The topological polar surface area (TPSA) is 71.4 Å². The van der Waals surface area contributed by atoms with Crippen molar-refractivity contribution < 1.29 is 19.5 Å². The molecule has 0 aliphatic heterocycles. The number of carboxylic acid groups (broad SMARTS) is 1. The van der Waals surface area contributed by atoms with Crippen LogP contribution in [-0.4, -0.2) is 22.6 Å². The van der Waals surface area contributed by atoms with Crippen molar-refractivity contribution in [2.45, 2.75) is 6.42 Å². The van der Waals surface area contributed by atoms with Gasteiger partial charge in [-0.15, -0.1) is 0 Å². The summed E-state index contributed by atoms with van der Waals surface area (Å²) >= 11 is 0. The van der Waals surface area contributed by atoms with E-state index in [4.69, 9.17) is 5.11 Å². The Labute approximate surface area is 92.2 Å². The molecule has 1 aromatic carbocycles. The molecule has 0 amide bonds. The average molecular weight is 218 g/mol. The van der Waals surface area contributed by atoms with Crippen LogP contribution in [0, 0.1) is 0 Å². The van der Waals surface area contributed by atoms with Gasteiger partial charge in [0.1, 0.15) is 0 Å². The van der Waals surface area contributed by atoms with Gasteiger partial charge in [0.2, 0.25) is 5.78 Å². The van der Waals surface area contributed by atoms with Crippen molar-refractivity contribution in [2.75, 3.05) is 0 Å². The van der Waals surface area contributed by atoms with E-state index in [-0.39, 0.29) is 12.2 Å². The summed E-state index contributed by atoms with van der Waals surface area (Å²) in [4.78, 5) is 32.3. The maximum absolute atomic E-state index is 11.5. The molecule has 0 saturated heterocycles. The van der Waals surface area contributed by atoms with E-state index in [2.05, 4.69) is 0 Å². The highest BCUT2D eigenvalue weighted by Crippen LogP contribution is 2.01. The van der Waals surface area contributed by atoms with Gasteiger partial charge in [-0.1, -0.05) is 36.4 Å². The highest BCUT2D eigenvalue weighted by molar-refractivity contribution is 6.33. The molecule has 0 aliphatic carbocycles. The molecule has 0 unspecified atom stereocenters. The fraction of sp³-hybridized carbons (Fsp3) is 0.0833. The maximum Gasteiger partial charge on any atom is 0.372 e. The molecule has 0 atom stereocenters. The van der Waals surface area contributed by atoms with Crippen LogP contribution in [0.5, 0.6) is 0 Å². The number of hydrogen-bond acceptors (Lipinski definition) is 3. The average Bonchev–Trinajstić information content (AvgIpc) is 2.29. The van der Waals surface area contributed by atoms with Gasteiger partial charge < -0.3 is 5.11 Å². The zero-order valence-corrected chi connectivity index (χ0v) is 8.42. The lowest BCUT2D eigenvalue weighted by Gasteiger charge is -1.93. The summed E-state index contributed by atoms with van der Waals surface area (Å²) in [6.45, 7) is 0. The number of benzene rings is 1. The van der Waals surface area contributed by atoms with Crippen LogP contribution in [0.25, 0.3) is 0 Å². The first kappa shape index (κ1) is 11.8. The Morgan fingerprint density at radius 3 is 2.31 bits per heavy atom. The second-order valence-electron chi connectivity index (χ2n) is 3.07. The molecule has 0 heterocycles. The molecule has 1 rings (SSSR count). The van der Waals surface area contributed by atoms with Crippen molar-refractivity contribution in [3.63, 3.8) is 0 Å². The smallest absolute Gasteiger partial charge is 0.372 e. The number of hydrogen-bond donors (Lipinski definition) is 1. The van der Waals surface area contributed by atoms with Crippen molar-refractivity contribution in [3.8, 4) is 0 Å². The lowest BCUT2D eigenvalue weighted by molar-refractivity contribution is -0.148. The number of rotatable bonds is 5. The van der Waals surface area contributed by atoms with Gasteiger partial charge in [-0.05, 0) is 6.08 Å². The number of Topliss-reactive ketones (excluding diaryl/α,β-unsaturated/α-hetero) is 1. The molecule has 4 heteroatoms. The Balaban J connectivity index is 2.56. The number of carbonyl (C=O) groups excluding carboxylic acids is 2. The molecule has 0 aliphatic rings. The molecule has 0 radical (unpaired) electrons. The van der Waals surface area contributed by atoms with E-state index in [0.29, 0.717) is 5.56 Å². The molecular formula is C12H10O4. The molecule has 0 saturated carbocycles. The van der Waals surface area contributed by atoms with Gasteiger partial charge in [-0.3, -0.25) is 9.59 Å². The normalized spacial score (nSPS) is 10.2. The van der Waals surface area contributed by atoms with Gasteiger partial charge >= 0.3 is 5.97 Å². The molecule has 82 valence electrons. The summed E-state index contributed by atoms with van der Waals surface area (Å²) in [5.74, 6) is -2.67. The van der Waals surface area contributed by atoms with Gasteiger partial charge in [0.15, 0.2) is 5.78 Å². The third-order valence-electron chi connectivity index (χ3n) is 1.87. The van der Waals surface area contributed by atoms with Gasteiger partial charge in [-0.25, -0.2) is 4.79 Å². The SMILES string of the molecule is O=C(O)C(=O)C/C=C\C(=O)c1ccccc1. The predicted molar refractivity (Wildman–Crippen MR) is 57.2 cm³/mol. The van der Waals surface area contributed by atoms with Crippen molar-refractivity contribution in [3.05, 3.63) is 48.0 Å². The summed E-state index contributed by atoms with van der Waals surface area (Å²) in [5, 5.41) is 8.30. The van der Waals surface area contributed by atoms with Crippen LogP contribution in [0.15, 0.2) is 42.5 Å². The zero-order valence-electron chi connectivity index (χ0n) is 8.42. The summed E-state index contributed by atoms with van der Waals surface area (Å²) in [6.07, 6.45) is 2.19. The van der Waals surface area contributed by atoms with Crippen LogP contribution in [0.4, 0.5) is 0 Å². The van der Waals surface area contributed by atoms with E-state index in [0.717, 1.165) is 0 Å². The minimum atomic E-state index is -1.49.